The molecule has 12 heavy (non-hydrogen) atoms. The molecule has 1 atom stereocenters. The van der Waals surface area contributed by atoms with Crippen LogP contribution < -0.4 is 5.32 Å². The maximum absolute atomic E-state index is 10.9. The van der Waals surface area contributed by atoms with Crippen LogP contribution in [0.25, 0.3) is 0 Å². The van der Waals surface area contributed by atoms with Crippen LogP contribution in [0, 0.1) is 17.2 Å². The fourth-order valence-electron chi connectivity index (χ4n) is 0.753. The largest absolute Gasteiger partial charge is 0.394 e. The number of nitrogens with zero attached hydrogens (tertiary/aromatic N) is 1. The number of hydrogen-bond acceptors (Lipinski definition) is 3. The van der Waals surface area contributed by atoms with E-state index in [2.05, 4.69) is 5.32 Å². The van der Waals surface area contributed by atoms with Gasteiger partial charge in [0.15, 0.2) is 0 Å². The zero-order valence-corrected chi connectivity index (χ0v) is 7.37. The molecular weight excluding hydrogens is 156 g/mol. The van der Waals surface area contributed by atoms with Crippen LogP contribution in [0.4, 0.5) is 0 Å². The first-order chi connectivity index (χ1) is 5.61. The molecular formula is C8H14N2O2. The molecule has 0 saturated heterocycles. The lowest BCUT2D eigenvalue weighted by Crippen LogP contribution is -2.40. The van der Waals surface area contributed by atoms with Gasteiger partial charge in [-0.3, -0.25) is 4.79 Å². The summed E-state index contributed by atoms with van der Waals surface area (Å²) in [5.74, 6) is -0.150. The van der Waals surface area contributed by atoms with E-state index in [1.165, 1.54) is 0 Å². The standard InChI is InChI=1S/C8H14N2O2/c1-6(2)7(5-11)10-8(12)3-4-9/h6-7,11H,3,5H2,1-2H3,(H,10,12). The third kappa shape index (κ3) is 3.94. The van der Waals surface area contributed by atoms with Crippen molar-refractivity contribution in [2.45, 2.75) is 26.3 Å². The minimum atomic E-state index is -0.328. The smallest absolute Gasteiger partial charge is 0.234 e. The predicted octanol–water partition coefficient (Wildman–Crippen LogP) is 0.0332. The molecule has 0 rings (SSSR count). The maximum Gasteiger partial charge on any atom is 0.234 e. The van der Waals surface area contributed by atoms with E-state index in [9.17, 15) is 4.79 Å². The zero-order valence-electron chi connectivity index (χ0n) is 7.37. The number of amides is 1. The van der Waals surface area contributed by atoms with Gasteiger partial charge in [0.25, 0.3) is 0 Å². The summed E-state index contributed by atoms with van der Waals surface area (Å²) in [7, 11) is 0. The molecule has 2 N–H and O–H groups in total. The van der Waals surface area contributed by atoms with E-state index in [-0.39, 0.29) is 30.9 Å². The van der Waals surface area contributed by atoms with Gasteiger partial charge in [-0.25, -0.2) is 0 Å². The highest BCUT2D eigenvalue weighted by Crippen LogP contribution is 2.00. The first kappa shape index (κ1) is 10.9. The molecule has 0 fully saturated rings. The second-order valence-corrected chi connectivity index (χ2v) is 2.94. The van der Waals surface area contributed by atoms with Crippen molar-refractivity contribution in [2.75, 3.05) is 6.61 Å². The SMILES string of the molecule is CC(C)C(CO)NC(=O)CC#N. The van der Waals surface area contributed by atoms with Crippen molar-refractivity contribution in [1.82, 2.24) is 5.32 Å². The quantitative estimate of drug-likeness (QED) is 0.625. The van der Waals surface area contributed by atoms with Gasteiger partial charge in [-0.2, -0.15) is 5.26 Å². The molecule has 0 aromatic rings. The van der Waals surface area contributed by atoms with E-state index in [0.717, 1.165) is 0 Å². The first-order valence-electron chi connectivity index (χ1n) is 3.89. The number of rotatable bonds is 4. The Kier molecular flexibility index (Phi) is 5.06. The van der Waals surface area contributed by atoms with E-state index < -0.39 is 0 Å². The minimum absolute atomic E-state index is 0.0885. The van der Waals surface area contributed by atoms with Crippen molar-refractivity contribution in [3.8, 4) is 6.07 Å². The van der Waals surface area contributed by atoms with Crippen LogP contribution in [-0.4, -0.2) is 23.7 Å². The van der Waals surface area contributed by atoms with Crippen molar-refractivity contribution < 1.29 is 9.90 Å². The van der Waals surface area contributed by atoms with Gasteiger partial charge in [0.05, 0.1) is 18.7 Å². The number of carbonyl (C=O) groups is 1. The van der Waals surface area contributed by atoms with E-state index in [0.29, 0.717) is 0 Å². The average molecular weight is 170 g/mol. The number of nitrogens with one attached hydrogen (secondary N) is 1. The Bertz CT molecular complexity index is 184. The van der Waals surface area contributed by atoms with E-state index in [1.54, 1.807) is 6.07 Å². The fourth-order valence-corrected chi connectivity index (χ4v) is 0.753. The lowest BCUT2D eigenvalue weighted by Gasteiger charge is -2.18. The molecule has 0 aromatic heterocycles. The molecule has 0 aromatic carbocycles. The molecule has 0 heterocycles. The number of hydrogen-bond donors (Lipinski definition) is 2. The molecule has 68 valence electrons. The zero-order chi connectivity index (χ0) is 9.56. The molecule has 0 aliphatic carbocycles. The summed E-state index contributed by atoms with van der Waals surface area (Å²) in [5, 5.41) is 19.6. The van der Waals surface area contributed by atoms with Crippen LogP contribution in [0.3, 0.4) is 0 Å². The predicted molar refractivity (Wildman–Crippen MR) is 44.1 cm³/mol. The molecule has 0 bridgehead atoms. The Morgan fingerprint density at radius 3 is 2.58 bits per heavy atom. The number of nitriles is 1. The van der Waals surface area contributed by atoms with Gasteiger partial charge < -0.3 is 10.4 Å². The highest BCUT2D eigenvalue weighted by Gasteiger charge is 2.13. The van der Waals surface area contributed by atoms with E-state index in [1.807, 2.05) is 13.8 Å². The number of aliphatic hydroxyl groups is 1. The molecule has 0 saturated carbocycles. The Morgan fingerprint density at radius 1 is 1.67 bits per heavy atom. The summed E-state index contributed by atoms with van der Waals surface area (Å²) >= 11 is 0. The maximum atomic E-state index is 10.9. The minimum Gasteiger partial charge on any atom is -0.394 e. The number of carbonyl (C=O) groups excluding carboxylic acids is 1. The third-order valence-corrected chi connectivity index (χ3v) is 1.59. The second-order valence-electron chi connectivity index (χ2n) is 2.94. The van der Waals surface area contributed by atoms with Gasteiger partial charge in [0, 0.05) is 0 Å². The summed E-state index contributed by atoms with van der Waals surface area (Å²) < 4.78 is 0. The van der Waals surface area contributed by atoms with Gasteiger partial charge in [-0.05, 0) is 5.92 Å². The van der Waals surface area contributed by atoms with Crippen LogP contribution in [0.1, 0.15) is 20.3 Å². The fraction of sp³-hybridized carbons (Fsp3) is 0.750. The number of aliphatic hydroxyl groups excluding tert-OH is 1. The normalized spacial score (nSPS) is 12.2. The van der Waals surface area contributed by atoms with Crippen LogP contribution in [0.15, 0.2) is 0 Å². The molecule has 0 aliphatic heterocycles. The summed E-state index contributed by atoms with van der Waals surface area (Å²) in [6.45, 7) is 3.70. The average Bonchev–Trinajstić information content (AvgIpc) is 2.00. The highest BCUT2D eigenvalue weighted by atomic mass is 16.3. The van der Waals surface area contributed by atoms with Gasteiger partial charge in [-0.15, -0.1) is 0 Å². The van der Waals surface area contributed by atoms with Crippen molar-refractivity contribution in [2.24, 2.45) is 5.92 Å². The van der Waals surface area contributed by atoms with Gasteiger partial charge in [0.1, 0.15) is 6.42 Å². The summed E-state index contributed by atoms with van der Waals surface area (Å²) in [4.78, 5) is 10.9. The monoisotopic (exact) mass is 170 g/mol. The second kappa shape index (κ2) is 5.56. The summed E-state index contributed by atoms with van der Waals surface area (Å²) in [5.41, 5.74) is 0. The van der Waals surface area contributed by atoms with Gasteiger partial charge >= 0.3 is 0 Å². The summed E-state index contributed by atoms with van der Waals surface area (Å²) in [6, 6.07) is 1.50. The van der Waals surface area contributed by atoms with Crippen LogP contribution >= 0.6 is 0 Å². The van der Waals surface area contributed by atoms with Gasteiger partial charge in [0.2, 0.25) is 5.91 Å². The van der Waals surface area contributed by atoms with Crippen molar-refractivity contribution >= 4 is 5.91 Å². The Labute approximate surface area is 72.2 Å². The van der Waals surface area contributed by atoms with Crippen LogP contribution in [0.2, 0.25) is 0 Å². The third-order valence-electron chi connectivity index (χ3n) is 1.59. The highest BCUT2D eigenvalue weighted by molar-refractivity contribution is 5.78. The molecule has 4 nitrogen and oxygen atoms in total. The van der Waals surface area contributed by atoms with Crippen LogP contribution in [0.5, 0.6) is 0 Å². The molecule has 0 spiro atoms. The first-order valence-corrected chi connectivity index (χ1v) is 3.89. The van der Waals surface area contributed by atoms with Crippen LogP contribution in [-0.2, 0) is 4.79 Å². The Hall–Kier alpha value is -1.08. The van der Waals surface area contributed by atoms with E-state index in [4.69, 9.17) is 10.4 Å². The lowest BCUT2D eigenvalue weighted by molar-refractivity contribution is -0.121. The molecule has 0 aliphatic rings. The van der Waals surface area contributed by atoms with E-state index >= 15 is 0 Å². The van der Waals surface area contributed by atoms with Crippen molar-refractivity contribution in [3.05, 3.63) is 0 Å². The topological polar surface area (TPSA) is 73.1 Å². The molecule has 1 amide bonds. The lowest BCUT2D eigenvalue weighted by atomic mass is 10.1. The molecule has 1 unspecified atom stereocenters. The van der Waals surface area contributed by atoms with Crippen molar-refractivity contribution in [1.29, 1.82) is 5.26 Å². The molecule has 0 radical (unpaired) electrons. The Balaban J connectivity index is 3.87. The molecule has 4 heteroatoms. The van der Waals surface area contributed by atoms with Gasteiger partial charge in [-0.1, -0.05) is 13.8 Å². The van der Waals surface area contributed by atoms with Crippen molar-refractivity contribution in [3.63, 3.8) is 0 Å². The summed E-state index contributed by atoms with van der Waals surface area (Å²) in [6.07, 6.45) is -0.150. The Morgan fingerprint density at radius 2 is 2.25 bits per heavy atom.